The summed E-state index contributed by atoms with van der Waals surface area (Å²) in [5, 5.41) is 0. The fourth-order valence-corrected chi connectivity index (χ4v) is 4.22. The van der Waals surface area contributed by atoms with Gasteiger partial charge >= 0.3 is 6.18 Å². The minimum Gasteiger partial charge on any atom is -0.354 e. The van der Waals surface area contributed by atoms with Crippen LogP contribution in [0.25, 0.3) is 0 Å². The highest BCUT2D eigenvalue weighted by Crippen LogP contribution is 2.31. The Balaban J connectivity index is 1.75. The van der Waals surface area contributed by atoms with Gasteiger partial charge in [0.1, 0.15) is 22.3 Å². The lowest BCUT2D eigenvalue weighted by molar-refractivity contribution is -0.137. The lowest BCUT2D eigenvalue weighted by Crippen LogP contribution is -2.49. The molecular formula is C16H14F5N3O2S. The maximum absolute atomic E-state index is 13.8. The van der Waals surface area contributed by atoms with Crippen LogP contribution in [-0.2, 0) is 16.2 Å². The van der Waals surface area contributed by atoms with Crippen LogP contribution in [0.2, 0.25) is 0 Å². The van der Waals surface area contributed by atoms with Gasteiger partial charge in [-0.25, -0.2) is 22.2 Å². The van der Waals surface area contributed by atoms with E-state index in [4.69, 9.17) is 0 Å². The SMILES string of the molecule is O=S(=O)(c1ccc(F)cc1F)N1CCN(c2cc(C(F)(F)F)ccn2)CC1. The number of sulfonamides is 1. The predicted molar refractivity (Wildman–Crippen MR) is 86.6 cm³/mol. The molecule has 5 nitrogen and oxygen atoms in total. The van der Waals surface area contributed by atoms with Crippen LogP contribution in [0.4, 0.5) is 27.8 Å². The normalized spacial score (nSPS) is 16.6. The second-order valence-corrected chi connectivity index (χ2v) is 7.77. The van der Waals surface area contributed by atoms with Crippen molar-refractivity contribution in [3.63, 3.8) is 0 Å². The molecule has 0 amide bonds. The van der Waals surface area contributed by atoms with Crippen molar-refractivity contribution in [1.29, 1.82) is 0 Å². The van der Waals surface area contributed by atoms with E-state index in [2.05, 4.69) is 4.98 Å². The molecule has 0 saturated carbocycles. The fourth-order valence-electron chi connectivity index (χ4n) is 2.75. The van der Waals surface area contributed by atoms with Crippen LogP contribution in [0.1, 0.15) is 5.56 Å². The molecule has 1 aliphatic rings. The quantitative estimate of drug-likeness (QED) is 0.735. The molecule has 2 heterocycles. The lowest BCUT2D eigenvalue weighted by Gasteiger charge is -2.34. The maximum Gasteiger partial charge on any atom is 0.416 e. The van der Waals surface area contributed by atoms with Crippen molar-refractivity contribution in [1.82, 2.24) is 9.29 Å². The minimum atomic E-state index is -4.51. The number of alkyl halides is 3. The number of pyridine rings is 1. The second-order valence-electron chi connectivity index (χ2n) is 5.87. The van der Waals surface area contributed by atoms with E-state index >= 15 is 0 Å². The molecular weight excluding hydrogens is 393 g/mol. The number of benzene rings is 1. The van der Waals surface area contributed by atoms with E-state index in [1.807, 2.05) is 0 Å². The molecule has 0 aliphatic carbocycles. The van der Waals surface area contributed by atoms with E-state index in [-0.39, 0.29) is 32.0 Å². The summed E-state index contributed by atoms with van der Waals surface area (Å²) in [6, 6.07) is 3.92. The molecule has 0 N–H and O–H groups in total. The number of hydrogen-bond acceptors (Lipinski definition) is 4. The zero-order valence-corrected chi connectivity index (χ0v) is 14.6. The molecule has 0 bridgehead atoms. The largest absolute Gasteiger partial charge is 0.416 e. The summed E-state index contributed by atoms with van der Waals surface area (Å²) in [7, 11) is -4.18. The Morgan fingerprint density at radius 2 is 1.63 bits per heavy atom. The van der Waals surface area contributed by atoms with Crippen molar-refractivity contribution in [2.75, 3.05) is 31.1 Å². The molecule has 0 spiro atoms. The van der Waals surface area contributed by atoms with Crippen LogP contribution in [0, 0.1) is 11.6 Å². The van der Waals surface area contributed by atoms with Gasteiger partial charge < -0.3 is 4.90 Å². The molecule has 0 atom stereocenters. The molecule has 1 aromatic heterocycles. The zero-order chi connectivity index (χ0) is 19.8. The first-order valence-corrected chi connectivity index (χ1v) is 9.26. The molecule has 3 rings (SSSR count). The molecule has 11 heteroatoms. The van der Waals surface area contributed by atoms with Crippen molar-refractivity contribution < 1.29 is 30.4 Å². The molecule has 0 radical (unpaired) electrons. The molecule has 146 valence electrons. The van der Waals surface area contributed by atoms with Crippen molar-refractivity contribution in [2.24, 2.45) is 0 Å². The Kier molecular flexibility index (Phi) is 5.08. The number of rotatable bonds is 3. The number of piperazine rings is 1. The smallest absolute Gasteiger partial charge is 0.354 e. The molecule has 1 aromatic carbocycles. The lowest BCUT2D eigenvalue weighted by atomic mass is 10.2. The van der Waals surface area contributed by atoms with Crippen molar-refractivity contribution in [3.8, 4) is 0 Å². The van der Waals surface area contributed by atoms with Gasteiger partial charge in [-0.3, -0.25) is 0 Å². The summed E-state index contributed by atoms with van der Waals surface area (Å²) in [4.78, 5) is 4.77. The number of nitrogens with zero attached hydrogens (tertiary/aromatic N) is 3. The summed E-state index contributed by atoms with van der Waals surface area (Å²) in [5.41, 5.74) is -0.851. The summed E-state index contributed by atoms with van der Waals surface area (Å²) in [6.07, 6.45) is -3.47. The molecule has 1 fully saturated rings. The summed E-state index contributed by atoms with van der Waals surface area (Å²) >= 11 is 0. The van der Waals surface area contributed by atoms with E-state index < -0.39 is 38.3 Å². The molecule has 1 saturated heterocycles. The van der Waals surface area contributed by atoms with Gasteiger partial charge in [0.05, 0.1) is 5.56 Å². The number of anilines is 1. The van der Waals surface area contributed by atoms with E-state index in [0.717, 1.165) is 34.8 Å². The first-order valence-electron chi connectivity index (χ1n) is 7.82. The Morgan fingerprint density at radius 3 is 2.22 bits per heavy atom. The third kappa shape index (κ3) is 4.03. The average molecular weight is 407 g/mol. The van der Waals surface area contributed by atoms with E-state index in [0.29, 0.717) is 6.07 Å². The Labute approximate surface area is 152 Å². The fraction of sp³-hybridized carbons (Fsp3) is 0.312. The third-order valence-electron chi connectivity index (χ3n) is 4.15. The summed E-state index contributed by atoms with van der Waals surface area (Å²) in [6.45, 7) is 0.0147. The van der Waals surface area contributed by atoms with E-state index in [1.165, 1.54) is 4.90 Å². The summed E-state index contributed by atoms with van der Waals surface area (Å²) in [5.74, 6) is -2.02. The van der Waals surface area contributed by atoms with Gasteiger partial charge in [-0.15, -0.1) is 0 Å². The minimum absolute atomic E-state index is 0.0723. The monoisotopic (exact) mass is 407 g/mol. The van der Waals surface area contributed by atoms with Gasteiger partial charge in [-0.05, 0) is 24.3 Å². The van der Waals surface area contributed by atoms with Gasteiger partial charge in [-0.2, -0.15) is 17.5 Å². The van der Waals surface area contributed by atoms with Gasteiger partial charge in [0, 0.05) is 38.4 Å². The van der Waals surface area contributed by atoms with Crippen molar-refractivity contribution >= 4 is 15.8 Å². The molecule has 0 unspecified atom stereocenters. The third-order valence-corrected chi connectivity index (χ3v) is 6.08. The molecule has 2 aromatic rings. The van der Waals surface area contributed by atoms with Crippen molar-refractivity contribution in [3.05, 3.63) is 53.7 Å². The average Bonchev–Trinajstić information content (AvgIpc) is 2.61. The van der Waals surface area contributed by atoms with E-state index in [1.54, 1.807) is 0 Å². The van der Waals surface area contributed by atoms with Gasteiger partial charge in [0.15, 0.2) is 0 Å². The highest BCUT2D eigenvalue weighted by atomic mass is 32.2. The number of hydrogen-bond donors (Lipinski definition) is 0. The van der Waals surface area contributed by atoms with E-state index in [9.17, 15) is 30.4 Å². The van der Waals surface area contributed by atoms with Gasteiger partial charge in [-0.1, -0.05) is 0 Å². The van der Waals surface area contributed by atoms with Crippen molar-refractivity contribution in [2.45, 2.75) is 11.1 Å². The Hall–Kier alpha value is -2.27. The zero-order valence-electron chi connectivity index (χ0n) is 13.7. The van der Waals surface area contributed by atoms with Crippen LogP contribution in [0.15, 0.2) is 41.4 Å². The number of aromatic nitrogens is 1. The van der Waals surface area contributed by atoms with Crippen LogP contribution < -0.4 is 4.90 Å². The predicted octanol–water partition coefficient (Wildman–Crippen LogP) is 2.89. The number of halogens is 5. The highest BCUT2D eigenvalue weighted by molar-refractivity contribution is 7.89. The molecule has 27 heavy (non-hydrogen) atoms. The Bertz CT molecular complexity index is 941. The van der Waals surface area contributed by atoms with Crippen LogP contribution >= 0.6 is 0 Å². The maximum atomic E-state index is 13.8. The van der Waals surface area contributed by atoms with Gasteiger partial charge in [0.2, 0.25) is 10.0 Å². The first-order chi connectivity index (χ1) is 12.6. The first kappa shape index (κ1) is 19.5. The Morgan fingerprint density at radius 1 is 0.963 bits per heavy atom. The molecule has 1 aliphatic heterocycles. The van der Waals surface area contributed by atoms with Crippen LogP contribution in [0.5, 0.6) is 0 Å². The standard InChI is InChI=1S/C16H14F5N3O2S/c17-12-1-2-14(13(18)10-12)27(25,26)24-7-5-23(6-8-24)15-9-11(3-4-22-15)16(19,20)21/h1-4,9-10H,5-8H2. The topological polar surface area (TPSA) is 53.5 Å². The highest BCUT2D eigenvalue weighted by Gasteiger charge is 2.33. The van der Waals surface area contributed by atoms with Crippen LogP contribution in [0.3, 0.4) is 0 Å². The second kappa shape index (κ2) is 7.04. The summed E-state index contributed by atoms with van der Waals surface area (Å²) < 4.78 is 91.3. The van der Waals surface area contributed by atoms with Gasteiger partial charge in [0.25, 0.3) is 0 Å². The van der Waals surface area contributed by atoms with Crippen LogP contribution in [-0.4, -0.2) is 43.9 Å².